The summed E-state index contributed by atoms with van der Waals surface area (Å²) in [5, 5.41) is 62.0. The van der Waals surface area contributed by atoms with E-state index in [-0.39, 0.29) is 60.2 Å². The number of aliphatic hydroxyl groups excluding tert-OH is 4. The van der Waals surface area contributed by atoms with Gasteiger partial charge in [-0.25, -0.2) is 9.59 Å². The molecule has 0 bridgehead atoms. The maximum Gasteiger partial charge on any atom is 0.407 e. The average molecular weight is 993 g/mol. The predicted molar refractivity (Wildman–Crippen MR) is 257 cm³/mol. The molecule has 0 spiro atoms. The molecule has 2 heterocycles. The van der Waals surface area contributed by atoms with Crippen LogP contribution in [0.15, 0.2) is 60.2 Å². The largest absolute Gasteiger partial charge is 0.497 e. The number of carbonyl (C=O) groups excluding carboxylic acids is 3. The van der Waals surface area contributed by atoms with Crippen molar-refractivity contribution in [3.63, 3.8) is 0 Å². The highest BCUT2D eigenvalue weighted by molar-refractivity contribution is 5.89. The number of amides is 1. The molecule has 3 saturated carbocycles. The number of alkyl carbamates (subject to hydrolysis) is 1. The molecule has 5 fully saturated rings. The fraction of sp³-hybridized carbons (Fsp3) is 0.685. The molecule has 2 aliphatic heterocycles. The number of carbonyl (C=O) groups is 3. The monoisotopic (exact) mass is 993 g/mol. The van der Waals surface area contributed by atoms with Crippen LogP contribution in [0.25, 0.3) is 0 Å². The van der Waals surface area contributed by atoms with Crippen molar-refractivity contribution in [2.24, 2.45) is 46.2 Å². The zero-order valence-corrected chi connectivity index (χ0v) is 41.9. The van der Waals surface area contributed by atoms with Crippen LogP contribution in [0.4, 0.5) is 4.79 Å². The molecule has 17 atom stereocenters. The molecular formula is C54H76N2O15. The minimum atomic E-state index is -1.72. The highest BCUT2D eigenvalue weighted by Gasteiger charge is 2.70. The van der Waals surface area contributed by atoms with Gasteiger partial charge in [-0.2, -0.15) is 0 Å². The number of ether oxygens (including phenoxy) is 7. The van der Waals surface area contributed by atoms with Crippen molar-refractivity contribution in [1.82, 2.24) is 5.32 Å². The van der Waals surface area contributed by atoms with Crippen LogP contribution in [0.2, 0.25) is 0 Å². The van der Waals surface area contributed by atoms with Gasteiger partial charge >= 0.3 is 12.1 Å². The Morgan fingerprint density at radius 2 is 1.55 bits per heavy atom. The molecule has 392 valence electrons. The van der Waals surface area contributed by atoms with Gasteiger partial charge in [0.2, 0.25) is 0 Å². The van der Waals surface area contributed by atoms with E-state index in [4.69, 9.17) is 38.9 Å². The Morgan fingerprint density at radius 1 is 0.845 bits per heavy atom. The van der Waals surface area contributed by atoms with Crippen molar-refractivity contribution in [1.29, 1.82) is 0 Å². The van der Waals surface area contributed by atoms with E-state index in [9.17, 15) is 39.9 Å². The summed E-state index contributed by atoms with van der Waals surface area (Å²) in [6.07, 6.45) is -6.53. The van der Waals surface area contributed by atoms with Crippen molar-refractivity contribution >= 4 is 17.8 Å². The number of rotatable bonds is 16. The van der Waals surface area contributed by atoms with Crippen molar-refractivity contribution in [2.75, 3.05) is 20.3 Å². The Bertz CT molecular complexity index is 2210. The number of hydrogen-bond donors (Lipinski definition) is 7. The second-order valence-corrected chi connectivity index (χ2v) is 21.9. The molecular weight excluding hydrogens is 917 g/mol. The van der Waals surface area contributed by atoms with E-state index in [1.807, 2.05) is 24.3 Å². The summed E-state index contributed by atoms with van der Waals surface area (Å²) in [6, 6.07) is 13.3. The van der Waals surface area contributed by atoms with Crippen LogP contribution in [0, 0.1) is 40.4 Å². The third-order valence-electron chi connectivity index (χ3n) is 17.4. The summed E-state index contributed by atoms with van der Waals surface area (Å²) < 4.78 is 41.7. The molecule has 6 aliphatic rings. The van der Waals surface area contributed by atoms with Gasteiger partial charge in [-0.05, 0) is 116 Å². The quantitative estimate of drug-likeness (QED) is 0.0877. The van der Waals surface area contributed by atoms with Gasteiger partial charge in [0.15, 0.2) is 24.8 Å². The van der Waals surface area contributed by atoms with Gasteiger partial charge in [-0.3, -0.25) is 4.79 Å². The average Bonchev–Trinajstić information content (AvgIpc) is 3.59. The van der Waals surface area contributed by atoms with Crippen LogP contribution in [-0.4, -0.2) is 131 Å². The van der Waals surface area contributed by atoms with Crippen molar-refractivity contribution in [3.05, 3.63) is 76.9 Å². The van der Waals surface area contributed by atoms with Crippen LogP contribution in [0.1, 0.15) is 114 Å². The Morgan fingerprint density at radius 3 is 2.24 bits per heavy atom. The third kappa shape index (κ3) is 10.6. The topological polar surface area (TPSA) is 255 Å². The number of benzene rings is 2. The van der Waals surface area contributed by atoms with E-state index < -0.39 is 90.9 Å². The van der Waals surface area contributed by atoms with E-state index in [2.05, 4.69) is 39.1 Å². The van der Waals surface area contributed by atoms with Crippen LogP contribution < -0.4 is 15.8 Å². The third-order valence-corrected chi connectivity index (χ3v) is 17.4. The number of methoxy groups -OCH3 is 1. The van der Waals surface area contributed by atoms with Gasteiger partial charge < -0.3 is 69.7 Å². The highest BCUT2D eigenvalue weighted by Crippen LogP contribution is 2.69. The fourth-order valence-electron chi connectivity index (χ4n) is 13.0. The van der Waals surface area contributed by atoms with Crippen LogP contribution in [-0.2, 0) is 46.3 Å². The molecule has 8 N–H and O–H groups in total. The summed E-state index contributed by atoms with van der Waals surface area (Å²) in [6.45, 7) is 9.98. The molecule has 0 radical (unpaired) electrons. The molecule has 0 aromatic heterocycles. The molecule has 1 amide bonds. The first-order valence-corrected chi connectivity index (χ1v) is 25.6. The van der Waals surface area contributed by atoms with Crippen LogP contribution >= 0.6 is 0 Å². The number of nitrogens with one attached hydrogen (secondary N) is 1. The zero-order valence-electron chi connectivity index (χ0n) is 41.9. The molecule has 2 aromatic carbocycles. The number of allylic oxidation sites excluding steroid dienone is 1. The second kappa shape index (κ2) is 21.8. The van der Waals surface area contributed by atoms with Crippen molar-refractivity contribution < 1.29 is 73.1 Å². The maximum atomic E-state index is 14.2. The van der Waals surface area contributed by atoms with Crippen molar-refractivity contribution in [2.45, 2.75) is 173 Å². The Balaban J connectivity index is 1.02. The standard InChI is InChI=1S/C54H76N2O15/c1-29(2)7-18-40(58)30(3)54(64)43(24-39-37-17-14-34-23-35(57)19-21-52(34,4)38(37)20-22-53(39,54)5)69-49-45(61)46(41(59)27-66-49)71-50-47(70-48(62)33-12-15-36(65-6)16-13-33)44(60)42(28-67-50)68-51(63)56-26-32-10-8-31(25-55)9-11-32/h8-16,29-30,35,37-39,41-47,49-50,57,59-61,64H,7,17-28,55H2,1-6H3,(H,56,63)/t30-,35+,37-,38?,39+,41+,42-,43+,44+,45-,46+,47-,49+,50+,52+,53+,54-/m1/s1. The predicted octanol–water partition coefficient (Wildman–Crippen LogP) is 4.85. The number of ketones is 1. The van der Waals surface area contributed by atoms with Crippen molar-refractivity contribution in [3.8, 4) is 5.75 Å². The van der Waals surface area contributed by atoms with Gasteiger partial charge in [-0.15, -0.1) is 0 Å². The molecule has 17 nitrogen and oxygen atoms in total. The summed E-state index contributed by atoms with van der Waals surface area (Å²) in [5.41, 5.74) is 6.29. The molecule has 2 saturated heterocycles. The minimum Gasteiger partial charge on any atom is -0.497 e. The van der Waals surface area contributed by atoms with E-state index >= 15 is 0 Å². The lowest BCUT2D eigenvalue weighted by atomic mass is 9.46. The number of aliphatic hydroxyl groups is 5. The van der Waals surface area contributed by atoms with Crippen LogP contribution in [0.3, 0.4) is 0 Å². The highest BCUT2D eigenvalue weighted by atomic mass is 16.7. The lowest BCUT2D eigenvalue weighted by Crippen LogP contribution is -2.64. The molecule has 71 heavy (non-hydrogen) atoms. The number of Topliss-reactive ketones (excluding diaryl/α,β-unsaturated/α-hetero) is 1. The van der Waals surface area contributed by atoms with Gasteiger partial charge in [0.05, 0.1) is 38.1 Å². The number of esters is 1. The van der Waals surface area contributed by atoms with Crippen LogP contribution in [0.5, 0.6) is 5.75 Å². The molecule has 17 heteroatoms. The SMILES string of the molecule is COc1ccc(C(=O)O[C@H]2[C@H](O[C@@H]3[C@@H](O)[C@H](O[C@H]4C[C@H]5[C@@H]6CC=C7C[C@@H](O)CC[C@]7(C)C6CC[C@]5(C)[C@@]4(O)[C@H](C)C(=O)CCC(C)C)OC[C@@H]3O)OC[C@@H](OC(=O)NCc3ccc(CN)cc3)[C@@H]2O)cc1. The minimum absolute atomic E-state index is 0.0603. The number of fused-ring (bicyclic) bond motifs is 5. The van der Waals surface area contributed by atoms with Gasteiger partial charge in [-0.1, -0.05) is 70.5 Å². The Labute approximate surface area is 416 Å². The second-order valence-electron chi connectivity index (χ2n) is 21.9. The van der Waals surface area contributed by atoms with E-state index in [0.29, 0.717) is 43.9 Å². The van der Waals surface area contributed by atoms with Gasteiger partial charge in [0.25, 0.3) is 0 Å². The normalized spacial score (nSPS) is 38.2. The Hall–Kier alpha value is -4.01. The van der Waals surface area contributed by atoms with E-state index in [1.165, 1.54) is 24.8 Å². The zero-order chi connectivity index (χ0) is 51.0. The maximum absolute atomic E-state index is 14.2. The Kier molecular flexibility index (Phi) is 16.4. The summed E-state index contributed by atoms with van der Waals surface area (Å²) in [4.78, 5) is 40.9. The summed E-state index contributed by atoms with van der Waals surface area (Å²) in [5.74, 6) is -0.604. The molecule has 8 rings (SSSR count). The first-order chi connectivity index (χ1) is 33.8. The number of hydrogen-bond acceptors (Lipinski definition) is 16. The van der Waals surface area contributed by atoms with Gasteiger partial charge in [0, 0.05) is 30.8 Å². The molecule has 1 unspecified atom stereocenters. The molecule has 4 aliphatic carbocycles. The summed E-state index contributed by atoms with van der Waals surface area (Å²) >= 11 is 0. The lowest BCUT2D eigenvalue weighted by molar-refractivity contribution is -0.344. The van der Waals surface area contributed by atoms with E-state index in [0.717, 1.165) is 36.8 Å². The summed E-state index contributed by atoms with van der Waals surface area (Å²) in [7, 11) is 1.48. The fourth-order valence-corrected chi connectivity index (χ4v) is 13.0. The molecule has 2 aromatic rings. The lowest BCUT2D eigenvalue weighted by Gasteiger charge is -2.59. The van der Waals surface area contributed by atoms with Gasteiger partial charge in [0.1, 0.15) is 41.5 Å². The van der Waals surface area contributed by atoms with E-state index in [1.54, 1.807) is 19.1 Å². The number of nitrogens with two attached hydrogens (primary N) is 1. The smallest absolute Gasteiger partial charge is 0.407 e. The first kappa shape index (κ1) is 53.3. The first-order valence-electron chi connectivity index (χ1n) is 25.6.